The van der Waals surface area contributed by atoms with Crippen LogP contribution in [0.5, 0.6) is 5.75 Å². The average Bonchev–Trinajstić information content (AvgIpc) is 3.42. The Bertz CT molecular complexity index is 1080. The van der Waals surface area contributed by atoms with Crippen LogP contribution in [0.4, 0.5) is 11.5 Å². The maximum atomic E-state index is 12.7. The molecule has 5 rings (SSSR count). The van der Waals surface area contributed by atoms with Gasteiger partial charge in [0.05, 0.1) is 7.11 Å². The van der Waals surface area contributed by atoms with E-state index in [9.17, 15) is 4.79 Å². The zero-order valence-corrected chi connectivity index (χ0v) is 17.9. The van der Waals surface area contributed by atoms with Gasteiger partial charge in [0.15, 0.2) is 10.8 Å². The summed E-state index contributed by atoms with van der Waals surface area (Å²) in [4.78, 5) is 29.1. The fraction of sp³-hybridized carbons (Fsp3) is 0.455. The van der Waals surface area contributed by atoms with Gasteiger partial charge in [0.1, 0.15) is 22.4 Å². The Morgan fingerprint density at radius 3 is 2.97 bits per heavy atom. The van der Waals surface area contributed by atoms with Crippen molar-refractivity contribution in [2.75, 3.05) is 25.1 Å². The van der Waals surface area contributed by atoms with E-state index in [2.05, 4.69) is 37.3 Å². The third-order valence-electron chi connectivity index (χ3n) is 6.08. The van der Waals surface area contributed by atoms with Crippen LogP contribution in [0.25, 0.3) is 10.3 Å². The molecular weight excluding hydrogens is 398 g/mol. The zero-order valence-electron chi connectivity index (χ0n) is 17.1. The van der Waals surface area contributed by atoms with Crippen LogP contribution in [-0.4, -0.2) is 41.1 Å². The second kappa shape index (κ2) is 8.18. The van der Waals surface area contributed by atoms with Gasteiger partial charge in [0.25, 0.3) is 5.91 Å². The number of nitrogens with zero attached hydrogens (tertiary/aromatic N) is 4. The third kappa shape index (κ3) is 3.60. The summed E-state index contributed by atoms with van der Waals surface area (Å²) < 4.78 is 5.35. The molecule has 0 bridgehead atoms. The molecule has 2 aliphatic rings. The number of hydrogen-bond donors (Lipinski definition) is 1. The number of carbonyl (C=O) groups is 1. The second-order valence-corrected chi connectivity index (χ2v) is 8.96. The number of benzene rings is 1. The van der Waals surface area contributed by atoms with E-state index in [4.69, 9.17) is 4.74 Å². The molecule has 0 atom stereocenters. The number of rotatable bonds is 5. The van der Waals surface area contributed by atoms with Gasteiger partial charge in [-0.15, -0.1) is 0 Å². The van der Waals surface area contributed by atoms with Gasteiger partial charge in [-0.1, -0.05) is 30.6 Å². The fourth-order valence-corrected chi connectivity index (χ4v) is 5.28. The summed E-state index contributed by atoms with van der Waals surface area (Å²) in [6.45, 7) is 1.55. The molecule has 0 saturated heterocycles. The lowest BCUT2D eigenvalue weighted by Gasteiger charge is -2.21. The molecule has 3 aromatic rings. The summed E-state index contributed by atoms with van der Waals surface area (Å²) in [5.41, 5.74) is 3.02. The Kier molecular flexibility index (Phi) is 5.25. The van der Waals surface area contributed by atoms with Crippen LogP contribution in [0.2, 0.25) is 0 Å². The largest absolute Gasteiger partial charge is 0.497 e. The summed E-state index contributed by atoms with van der Waals surface area (Å²) in [7, 11) is 1.68. The van der Waals surface area contributed by atoms with Gasteiger partial charge in [-0.25, -0.2) is 15.0 Å². The summed E-state index contributed by atoms with van der Waals surface area (Å²) >= 11 is 1.33. The predicted molar refractivity (Wildman–Crippen MR) is 118 cm³/mol. The van der Waals surface area contributed by atoms with Crippen molar-refractivity contribution in [1.82, 2.24) is 20.3 Å². The molecule has 1 N–H and O–H groups in total. The smallest absolute Gasteiger partial charge is 0.280 e. The van der Waals surface area contributed by atoms with Crippen LogP contribution in [0, 0.1) is 5.92 Å². The molecule has 1 aromatic carbocycles. The van der Waals surface area contributed by atoms with E-state index in [1.165, 1.54) is 49.0 Å². The van der Waals surface area contributed by atoms with Gasteiger partial charge in [-0.2, -0.15) is 0 Å². The number of hydrogen-bond acceptors (Lipinski definition) is 7. The second-order valence-electron chi connectivity index (χ2n) is 7.98. The van der Waals surface area contributed by atoms with Crippen LogP contribution < -0.4 is 15.0 Å². The van der Waals surface area contributed by atoms with Crippen molar-refractivity contribution in [3.05, 3.63) is 35.1 Å². The summed E-state index contributed by atoms with van der Waals surface area (Å²) in [5.74, 6) is 2.09. The number of amides is 1. The van der Waals surface area contributed by atoms with Crippen molar-refractivity contribution in [2.24, 2.45) is 5.92 Å². The highest BCUT2D eigenvalue weighted by Crippen LogP contribution is 2.38. The van der Waals surface area contributed by atoms with Gasteiger partial charge in [0, 0.05) is 18.8 Å². The van der Waals surface area contributed by atoms with E-state index in [1.54, 1.807) is 13.4 Å². The SMILES string of the molecule is COc1ccc2c(c1)CCN2c1ncnc2sc(C(=O)NCC3CCCCC3)nc12. The molecule has 7 nitrogen and oxygen atoms in total. The van der Waals surface area contributed by atoms with Crippen molar-refractivity contribution in [3.63, 3.8) is 0 Å². The fourth-order valence-electron chi connectivity index (χ4n) is 4.47. The number of anilines is 2. The third-order valence-corrected chi connectivity index (χ3v) is 7.05. The Hall–Kier alpha value is -2.74. The first kappa shape index (κ1) is 19.2. The number of aromatic nitrogens is 3. The molecule has 3 heterocycles. The van der Waals surface area contributed by atoms with E-state index in [0.717, 1.165) is 41.6 Å². The summed E-state index contributed by atoms with van der Waals surface area (Å²) in [6, 6.07) is 6.08. The Balaban J connectivity index is 1.39. The van der Waals surface area contributed by atoms with E-state index < -0.39 is 0 Å². The topological polar surface area (TPSA) is 80.2 Å². The molecule has 1 saturated carbocycles. The minimum Gasteiger partial charge on any atom is -0.497 e. The van der Waals surface area contributed by atoms with E-state index >= 15 is 0 Å². The van der Waals surface area contributed by atoms with Crippen molar-refractivity contribution in [2.45, 2.75) is 38.5 Å². The first-order valence-electron chi connectivity index (χ1n) is 10.6. The molecule has 1 aliphatic heterocycles. The van der Waals surface area contributed by atoms with Crippen molar-refractivity contribution in [3.8, 4) is 5.75 Å². The minimum atomic E-state index is -0.110. The first-order valence-corrected chi connectivity index (χ1v) is 11.4. The minimum absolute atomic E-state index is 0.110. The van der Waals surface area contributed by atoms with Crippen LogP contribution in [0.1, 0.15) is 47.5 Å². The first-order chi connectivity index (χ1) is 14.7. The highest BCUT2D eigenvalue weighted by Gasteiger charge is 2.26. The Morgan fingerprint density at radius 1 is 1.27 bits per heavy atom. The lowest BCUT2D eigenvalue weighted by molar-refractivity contribution is 0.0943. The van der Waals surface area contributed by atoms with Crippen LogP contribution in [-0.2, 0) is 6.42 Å². The predicted octanol–water partition coefficient (Wildman–Crippen LogP) is 4.10. The number of carbonyl (C=O) groups excluding carboxylic acids is 1. The zero-order chi connectivity index (χ0) is 20.5. The number of methoxy groups -OCH3 is 1. The van der Waals surface area contributed by atoms with Crippen LogP contribution in [0.3, 0.4) is 0 Å². The van der Waals surface area contributed by atoms with E-state index in [1.807, 2.05) is 6.07 Å². The highest BCUT2D eigenvalue weighted by atomic mass is 32.1. The Labute approximate surface area is 179 Å². The quantitative estimate of drug-likeness (QED) is 0.666. The highest BCUT2D eigenvalue weighted by molar-refractivity contribution is 7.19. The van der Waals surface area contributed by atoms with E-state index in [0.29, 0.717) is 16.4 Å². The molecule has 156 valence electrons. The lowest BCUT2D eigenvalue weighted by atomic mass is 9.89. The maximum Gasteiger partial charge on any atom is 0.280 e. The van der Waals surface area contributed by atoms with Gasteiger partial charge in [-0.05, 0) is 48.9 Å². The number of thiazole rings is 1. The molecule has 0 unspecified atom stereocenters. The van der Waals surface area contributed by atoms with E-state index in [-0.39, 0.29) is 5.91 Å². The van der Waals surface area contributed by atoms with Gasteiger partial charge in [0.2, 0.25) is 0 Å². The molecular formula is C22H25N5O2S. The number of ether oxygens (including phenoxy) is 1. The number of fused-ring (bicyclic) bond motifs is 2. The molecule has 1 amide bonds. The molecule has 0 spiro atoms. The van der Waals surface area contributed by atoms with Crippen LogP contribution in [0.15, 0.2) is 24.5 Å². The summed E-state index contributed by atoms with van der Waals surface area (Å²) in [5, 5.41) is 3.54. The monoisotopic (exact) mass is 423 g/mol. The standard InChI is InChI=1S/C22H25N5O2S/c1-29-16-7-8-17-15(11-16)9-10-27(17)19-18-21(25-13-24-19)30-22(26-18)20(28)23-12-14-5-3-2-4-6-14/h7-8,11,13-14H,2-6,9-10,12H2,1H3,(H,23,28). The molecule has 1 aliphatic carbocycles. The molecule has 30 heavy (non-hydrogen) atoms. The normalized spacial score (nSPS) is 16.6. The van der Waals surface area contributed by atoms with Crippen molar-refractivity contribution < 1.29 is 9.53 Å². The average molecular weight is 424 g/mol. The maximum absolute atomic E-state index is 12.7. The van der Waals surface area contributed by atoms with Gasteiger partial charge < -0.3 is 15.0 Å². The summed E-state index contributed by atoms with van der Waals surface area (Å²) in [6.07, 6.45) is 8.73. The Morgan fingerprint density at radius 2 is 2.13 bits per heavy atom. The van der Waals surface area contributed by atoms with Crippen molar-refractivity contribution >= 4 is 39.1 Å². The van der Waals surface area contributed by atoms with Gasteiger partial charge >= 0.3 is 0 Å². The number of nitrogens with one attached hydrogen (secondary N) is 1. The van der Waals surface area contributed by atoms with Crippen LogP contribution >= 0.6 is 11.3 Å². The molecule has 1 fully saturated rings. The van der Waals surface area contributed by atoms with Crippen molar-refractivity contribution in [1.29, 1.82) is 0 Å². The molecule has 8 heteroatoms. The van der Waals surface area contributed by atoms with Gasteiger partial charge in [-0.3, -0.25) is 4.79 Å². The molecule has 0 radical (unpaired) electrons. The lowest BCUT2D eigenvalue weighted by Crippen LogP contribution is -2.30. The molecule has 2 aromatic heterocycles.